The highest BCUT2D eigenvalue weighted by Crippen LogP contribution is 2.18. The van der Waals surface area contributed by atoms with Crippen molar-refractivity contribution >= 4 is 29.0 Å². The lowest BCUT2D eigenvalue weighted by atomic mass is 10.3. The minimum Gasteiger partial charge on any atom is -0.486 e. The van der Waals surface area contributed by atoms with E-state index in [9.17, 15) is 4.79 Å². The Balaban J connectivity index is 1.91. The van der Waals surface area contributed by atoms with Crippen molar-refractivity contribution in [2.24, 2.45) is 4.99 Å². The minimum atomic E-state index is 0.265. The number of carbonyl (C=O) groups excluding carboxylic acids is 1. The summed E-state index contributed by atoms with van der Waals surface area (Å²) in [6.45, 7) is 0.651. The van der Waals surface area contributed by atoms with Gasteiger partial charge in [-0.05, 0) is 24.3 Å². The van der Waals surface area contributed by atoms with Gasteiger partial charge in [0.2, 0.25) is 6.08 Å². The second-order valence-electron chi connectivity index (χ2n) is 3.38. The van der Waals surface area contributed by atoms with Crippen molar-refractivity contribution in [2.45, 2.75) is 13.2 Å². The van der Waals surface area contributed by atoms with Crippen LogP contribution < -0.4 is 4.74 Å². The molecule has 4 nitrogen and oxygen atoms in total. The number of rotatable bonds is 5. The number of aromatic nitrogens is 1. The molecule has 0 fully saturated rings. The van der Waals surface area contributed by atoms with Crippen LogP contribution in [0.2, 0.25) is 5.02 Å². The van der Waals surface area contributed by atoms with E-state index in [0.717, 1.165) is 16.5 Å². The molecule has 0 radical (unpaired) electrons. The molecule has 2 aromatic rings. The second-order valence-corrected chi connectivity index (χ2v) is 4.76. The predicted octanol–water partition coefficient (Wildman–Crippen LogP) is 3.21. The van der Waals surface area contributed by atoms with Crippen molar-refractivity contribution in [2.75, 3.05) is 0 Å². The SMILES string of the molecule is O=C=NCc1csc(COc2ccc(Cl)cc2)n1. The highest BCUT2D eigenvalue weighted by Gasteiger charge is 2.02. The molecule has 18 heavy (non-hydrogen) atoms. The van der Waals surface area contributed by atoms with Gasteiger partial charge in [-0.1, -0.05) is 11.6 Å². The molecule has 0 N–H and O–H groups in total. The van der Waals surface area contributed by atoms with Gasteiger partial charge in [0.1, 0.15) is 17.4 Å². The van der Waals surface area contributed by atoms with Gasteiger partial charge in [-0.15, -0.1) is 11.3 Å². The van der Waals surface area contributed by atoms with Gasteiger partial charge < -0.3 is 4.74 Å². The Hall–Kier alpha value is -1.68. The molecule has 2 rings (SSSR count). The third-order valence-electron chi connectivity index (χ3n) is 2.08. The summed E-state index contributed by atoms with van der Waals surface area (Å²) in [6.07, 6.45) is 1.48. The molecule has 0 bridgehead atoms. The van der Waals surface area contributed by atoms with Crippen LogP contribution in [0, 0.1) is 0 Å². The van der Waals surface area contributed by atoms with Gasteiger partial charge in [0.05, 0.1) is 12.2 Å². The largest absolute Gasteiger partial charge is 0.486 e. The van der Waals surface area contributed by atoms with E-state index in [1.807, 2.05) is 5.38 Å². The van der Waals surface area contributed by atoms with Crippen LogP contribution in [0.4, 0.5) is 0 Å². The molecule has 0 spiro atoms. The van der Waals surface area contributed by atoms with Crippen LogP contribution in [-0.4, -0.2) is 11.1 Å². The summed E-state index contributed by atoms with van der Waals surface area (Å²) >= 11 is 7.24. The number of isocyanates is 1. The van der Waals surface area contributed by atoms with E-state index < -0.39 is 0 Å². The van der Waals surface area contributed by atoms with Crippen LogP contribution in [0.15, 0.2) is 34.6 Å². The van der Waals surface area contributed by atoms with E-state index in [1.165, 1.54) is 17.4 Å². The Labute approximate surface area is 113 Å². The number of ether oxygens (including phenoxy) is 1. The Morgan fingerprint density at radius 2 is 2.17 bits per heavy atom. The molecule has 92 valence electrons. The van der Waals surface area contributed by atoms with Gasteiger partial charge in [-0.25, -0.2) is 9.78 Å². The molecule has 0 aliphatic rings. The number of hydrogen-bond donors (Lipinski definition) is 0. The zero-order chi connectivity index (χ0) is 12.8. The van der Waals surface area contributed by atoms with Crippen LogP contribution in [-0.2, 0) is 17.9 Å². The van der Waals surface area contributed by atoms with E-state index >= 15 is 0 Å². The van der Waals surface area contributed by atoms with Gasteiger partial charge in [-0.2, -0.15) is 4.99 Å². The molecule has 1 aromatic carbocycles. The lowest BCUT2D eigenvalue weighted by Gasteiger charge is -2.03. The smallest absolute Gasteiger partial charge is 0.235 e. The van der Waals surface area contributed by atoms with Crippen LogP contribution >= 0.6 is 22.9 Å². The summed E-state index contributed by atoms with van der Waals surface area (Å²) in [5.41, 5.74) is 0.748. The maximum atomic E-state index is 9.97. The quantitative estimate of drug-likeness (QED) is 0.624. The average molecular weight is 281 g/mol. The third kappa shape index (κ3) is 3.67. The number of aliphatic imine (C=N–C) groups is 1. The monoisotopic (exact) mass is 280 g/mol. The van der Waals surface area contributed by atoms with E-state index in [2.05, 4.69) is 9.98 Å². The Morgan fingerprint density at radius 1 is 1.39 bits per heavy atom. The summed E-state index contributed by atoms with van der Waals surface area (Å²) in [4.78, 5) is 17.7. The molecule has 0 aliphatic heterocycles. The summed E-state index contributed by atoms with van der Waals surface area (Å²) in [6, 6.07) is 7.13. The predicted molar refractivity (Wildman–Crippen MR) is 69.7 cm³/mol. The number of hydrogen-bond acceptors (Lipinski definition) is 5. The maximum absolute atomic E-state index is 9.97. The molecule has 1 heterocycles. The standard InChI is InChI=1S/C12H9ClN2O2S/c13-9-1-3-11(4-2-9)17-6-12-15-10(7-18-12)5-14-8-16/h1-4,7H,5-6H2. The highest BCUT2D eigenvalue weighted by molar-refractivity contribution is 7.09. The molecule has 0 saturated heterocycles. The number of nitrogens with zero attached hydrogens (tertiary/aromatic N) is 2. The van der Waals surface area contributed by atoms with Crippen LogP contribution in [0.5, 0.6) is 5.75 Å². The number of thiazole rings is 1. The van der Waals surface area contributed by atoms with Crippen molar-refractivity contribution < 1.29 is 9.53 Å². The van der Waals surface area contributed by atoms with Crippen molar-refractivity contribution in [1.29, 1.82) is 0 Å². The van der Waals surface area contributed by atoms with Crippen LogP contribution in [0.1, 0.15) is 10.7 Å². The van der Waals surface area contributed by atoms with E-state index in [-0.39, 0.29) is 6.54 Å². The second kappa shape index (κ2) is 6.31. The van der Waals surface area contributed by atoms with Crippen molar-refractivity contribution in [3.8, 4) is 5.75 Å². The van der Waals surface area contributed by atoms with Gasteiger partial charge in [0.15, 0.2) is 0 Å². The number of halogens is 1. The Kier molecular flexibility index (Phi) is 4.47. The fourth-order valence-corrected chi connectivity index (χ4v) is 2.10. The molecule has 0 atom stereocenters. The normalized spacial score (nSPS) is 9.83. The number of benzene rings is 1. The van der Waals surface area contributed by atoms with Gasteiger partial charge >= 0.3 is 0 Å². The summed E-state index contributed by atoms with van der Waals surface area (Å²) in [5, 5.41) is 3.35. The van der Waals surface area contributed by atoms with Crippen LogP contribution in [0.25, 0.3) is 0 Å². The first-order valence-corrected chi connectivity index (χ1v) is 6.39. The molecular formula is C12H9ClN2O2S. The lowest BCUT2D eigenvalue weighted by Crippen LogP contribution is -1.95. The summed E-state index contributed by atoms with van der Waals surface area (Å²) < 4.78 is 5.55. The minimum absolute atomic E-state index is 0.265. The first-order chi connectivity index (χ1) is 8.78. The Bertz CT molecular complexity index is 562. The third-order valence-corrected chi connectivity index (χ3v) is 3.20. The van der Waals surface area contributed by atoms with Gasteiger partial charge in [-0.3, -0.25) is 0 Å². The van der Waals surface area contributed by atoms with E-state index in [1.54, 1.807) is 24.3 Å². The van der Waals surface area contributed by atoms with Gasteiger partial charge in [0.25, 0.3) is 0 Å². The average Bonchev–Trinajstić information content (AvgIpc) is 2.84. The molecular weight excluding hydrogens is 272 g/mol. The summed E-state index contributed by atoms with van der Waals surface area (Å²) in [5.74, 6) is 0.738. The van der Waals surface area contributed by atoms with Crippen molar-refractivity contribution in [1.82, 2.24) is 4.98 Å². The van der Waals surface area contributed by atoms with Crippen molar-refractivity contribution in [3.63, 3.8) is 0 Å². The van der Waals surface area contributed by atoms with E-state index in [4.69, 9.17) is 16.3 Å². The molecule has 0 amide bonds. The lowest BCUT2D eigenvalue weighted by molar-refractivity contribution is 0.305. The molecule has 1 aromatic heterocycles. The molecule has 0 unspecified atom stereocenters. The highest BCUT2D eigenvalue weighted by atomic mass is 35.5. The summed E-state index contributed by atoms with van der Waals surface area (Å²) in [7, 11) is 0. The zero-order valence-electron chi connectivity index (χ0n) is 9.30. The first kappa shape index (κ1) is 12.8. The fraction of sp³-hybridized carbons (Fsp3) is 0.167. The first-order valence-electron chi connectivity index (χ1n) is 5.13. The fourth-order valence-electron chi connectivity index (χ4n) is 1.28. The topological polar surface area (TPSA) is 51.5 Å². The van der Waals surface area contributed by atoms with Gasteiger partial charge in [0, 0.05) is 10.4 Å². The zero-order valence-corrected chi connectivity index (χ0v) is 10.9. The Morgan fingerprint density at radius 3 is 2.89 bits per heavy atom. The maximum Gasteiger partial charge on any atom is 0.235 e. The molecule has 0 aliphatic carbocycles. The molecule has 0 saturated carbocycles. The van der Waals surface area contributed by atoms with Crippen molar-refractivity contribution in [3.05, 3.63) is 45.4 Å². The van der Waals surface area contributed by atoms with E-state index in [0.29, 0.717) is 11.6 Å². The van der Waals surface area contributed by atoms with Crippen LogP contribution in [0.3, 0.4) is 0 Å². The molecule has 6 heteroatoms.